The number of alkyl halides is 3. The van der Waals surface area contributed by atoms with Crippen molar-refractivity contribution in [1.29, 1.82) is 5.26 Å². The first-order valence-corrected chi connectivity index (χ1v) is 10.8. The zero-order valence-electron chi connectivity index (χ0n) is 19.0. The number of pyridine rings is 1. The number of rotatable bonds is 7. The van der Waals surface area contributed by atoms with E-state index in [2.05, 4.69) is 16.2 Å². The standard InChI is InChI=1S/C26H19F3N4O3/c1-2-35-25(34)20-15-31-33(24(20)26(27,28)29)23-9-5-7-21(32-23)19-6-3-4-8-22(19)36-16-18-12-10-17(14-30)11-13-18/h3-13,15H,2,16H2,1H3. The third-order valence-corrected chi connectivity index (χ3v) is 5.12. The van der Waals surface area contributed by atoms with Crippen molar-refractivity contribution < 1.29 is 27.4 Å². The number of hydrogen-bond acceptors (Lipinski definition) is 6. The van der Waals surface area contributed by atoms with Crippen molar-refractivity contribution in [1.82, 2.24) is 14.8 Å². The van der Waals surface area contributed by atoms with Crippen LogP contribution in [0.5, 0.6) is 5.75 Å². The number of ether oxygens (including phenoxy) is 2. The third kappa shape index (κ3) is 5.20. The Balaban J connectivity index is 1.68. The Hall–Kier alpha value is -4.65. The van der Waals surface area contributed by atoms with E-state index in [1.54, 1.807) is 60.7 Å². The number of carbonyl (C=O) groups is 1. The van der Waals surface area contributed by atoms with E-state index >= 15 is 0 Å². The van der Waals surface area contributed by atoms with Gasteiger partial charge in [-0.05, 0) is 48.9 Å². The fourth-order valence-corrected chi connectivity index (χ4v) is 3.49. The van der Waals surface area contributed by atoms with Crippen molar-refractivity contribution in [3.05, 3.63) is 95.3 Å². The quantitative estimate of drug-likeness (QED) is 0.313. The SMILES string of the molecule is CCOC(=O)c1cnn(-c2cccc(-c3ccccc3OCc3ccc(C#N)cc3)n2)c1C(F)(F)F. The molecule has 0 saturated heterocycles. The first-order valence-electron chi connectivity index (χ1n) is 10.8. The van der Waals surface area contributed by atoms with Crippen LogP contribution in [-0.4, -0.2) is 27.3 Å². The monoisotopic (exact) mass is 492 g/mol. The number of carbonyl (C=O) groups excluding carboxylic acids is 1. The highest BCUT2D eigenvalue weighted by molar-refractivity contribution is 5.90. The molecule has 0 bridgehead atoms. The molecule has 7 nitrogen and oxygen atoms in total. The fraction of sp³-hybridized carbons (Fsp3) is 0.154. The third-order valence-electron chi connectivity index (χ3n) is 5.12. The van der Waals surface area contributed by atoms with Gasteiger partial charge in [0.1, 0.15) is 17.9 Å². The molecule has 0 aliphatic rings. The van der Waals surface area contributed by atoms with Gasteiger partial charge in [0.2, 0.25) is 0 Å². The van der Waals surface area contributed by atoms with Gasteiger partial charge in [0.15, 0.2) is 11.5 Å². The Morgan fingerprint density at radius 2 is 1.81 bits per heavy atom. The molecule has 0 N–H and O–H groups in total. The van der Waals surface area contributed by atoms with Crippen molar-refractivity contribution in [2.75, 3.05) is 6.61 Å². The van der Waals surface area contributed by atoms with Gasteiger partial charge in [0, 0.05) is 5.56 Å². The van der Waals surface area contributed by atoms with Crippen LogP contribution in [0.25, 0.3) is 17.1 Å². The lowest BCUT2D eigenvalue weighted by Crippen LogP contribution is -2.19. The van der Waals surface area contributed by atoms with Crippen LogP contribution >= 0.6 is 0 Å². The number of aromatic nitrogens is 3. The van der Waals surface area contributed by atoms with Gasteiger partial charge in [-0.1, -0.05) is 30.3 Å². The van der Waals surface area contributed by atoms with Crippen LogP contribution in [0, 0.1) is 11.3 Å². The highest BCUT2D eigenvalue weighted by atomic mass is 19.4. The minimum atomic E-state index is -4.88. The first-order chi connectivity index (χ1) is 17.3. The molecule has 36 heavy (non-hydrogen) atoms. The summed E-state index contributed by atoms with van der Waals surface area (Å²) in [5.41, 5.74) is 0.314. The Kier molecular flexibility index (Phi) is 7.01. The van der Waals surface area contributed by atoms with Crippen molar-refractivity contribution in [3.8, 4) is 28.9 Å². The molecule has 0 aliphatic heterocycles. The first kappa shape index (κ1) is 24.5. The number of benzene rings is 2. The number of esters is 1. The van der Waals surface area contributed by atoms with Crippen LogP contribution in [0.2, 0.25) is 0 Å². The molecule has 10 heteroatoms. The van der Waals surface area contributed by atoms with Crippen molar-refractivity contribution in [2.24, 2.45) is 0 Å². The van der Waals surface area contributed by atoms with Gasteiger partial charge < -0.3 is 9.47 Å². The van der Waals surface area contributed by atoms with Gasteiger partial charge in [-0.15, -0.1) is 0 Å². The maximum atomic E-state index is 13.9. The Morgan fingerprint density at radius 3 is 2.50 bits per heavy atom. The smallest absolute Gasteiger partial charge is 0.434 e. The molecule has 2 heterocycles. The number of halogens is 3. The lowest BCUT2D eigenvalue weighted by Gasteiger charge is -2.14. The summed E-state index contributed by atoms with van der Waals surface area (Å²) in [7, 11) is 0. The summed E-state index contributed by atoms with van der Waals surface area (Å²) in [5.74, 6) is -0.777. The van der Waals surface area contributed by atoms with Gasteiger partial charge in [0.25, 0.3) is 0 Å². The summed E-state index contributed by atoms with van der Waals surface area (Å²) in [4.78, 5) is 16.5. The van der Waals surface area contributed by atoms with Crippen LogP contribution in [0.1, 0.15) is 34.1 Å². The fourth-order valence-electron chi connectivity index (χ4n) is 3.49. The molecular formula is C26H19F3N4O3. The topological polar surface area (TPSA) is 90.0 Å². The summed E-state index contributed by atoms with van der Waals surface area (Å²) < 4.78 is 53.0. The van der Waals surface area contributed by atoms with Crippen LogP contribution in [0.4, 0.5) is 13.2 Å². The minimum absolute atomic E-state index is 0.0751. The lowest BCUT2D eigenvalue weighted by molar-refractivity contribution is -0.143. The summed E-state index contributed by atoms with van der Waals surface area (Å²) in [6.45, 7) is 1.64. The van der Waals surface area contributed by atoms with E-state index in [0.717, 1.165) is 11.8 Å². The second kappa shape index (κ2) is 10.3. The molecule has 0 atom stereocenters. The van der Waals surface area contributed by atoms with E-state index in [1.807, 2.05) is 0 Å². The summed E-state index contributed by atoms with van der Waals surface area (Å²) in [5, 5.41) is 12.7. The largest absolute Gasteiger partial charge is 0.488 e. The zero-order chi connectivity index (χ0) is 25.7. The average Bonchev–Trinajstić information content (AvgIpc) is 3.35. The molecule has 0 unspecified atom stereocenters. The van der Waals surface area contributed by atoms with Gasteiger partial charge in [-0.2, -0.15) is 23.5 Å². The van der Waals surface area contributed by atoms with E-state index in [-0.39, 0.29) is 19.0 Å². The Labute approximate surface area is 204 Å². The number of nitrogens with zero attached hydrogens (tertiary/aromatic N) is 4. The van der Waals surface area contributed by atoms with E-state index in [9.17, 15) is 18.0 Å². The molecule has 0 spiro atoms. The maximum Gasteiger partial charge on any atom is 0.434 e. The second-order valence-electron chi connectivity index (χ2n) is 7.51. The van der Waals surface area contributed by atoms with Gasteiger partial charge in [-0.3, -0.25) is 0 Å². The Morgan fingerprint density at radius 1 is 1.06 bits per heavy atom. The van der Waals surface area contributed by atoms with E-state index in [0.29, 0.717) is 27.3 Å². The van der Waals surface area contributed by atoms with Crippen molar-refractivity contribution in [2.45, 2.75) is 19.7 Å². The second-order valence-corrected chi connectivity index (χ2v) is 7.51. The minimum Gasteiger partial charge on any atom is -0.488 e. The highest BCUT2D eigenvalue weighted by Gasteiger charge is 2.41. The molecule has 0 aliphatic carbocycles. The summed E-state index contributed by atoms with van der Waals surface area (Å²) >= 11 is 0. The molecule has 182 valence electrons. The number of hydrogen-bond donors (Lipinski definition) is 0. The van der Waals surface area contributed by atoms with Crippen LogP contribution < -0.4 is 4.74 Å². The van der Waals surface area contributed by atoms with Crippen LogP contribution in [0.3, 0.4) is 0 Å². The molecule has 2 aromatic carbocycles. The van der Waals surface area contributed by atoms with Gasteiger partial charge in [-0.25, -0.2) is 14.5 Å². The zero-order valence-corrected chi connectivity index (χ0v) is 19.0. The van der Waals surface area contributed by atoms with E-state index in [1.165, 1.54) is 13.0 Å². The number of para-hydroxylation sites is 1. The molecule has 2 aromatic heterocycles. The van der Waals surface area contributed by atoms with Crippen LogP contribution in [-0.2, 0) is 17.5 Å². The Bertz CT molecular complexity index is 1420. The molecule has 0 saturated carbocycles. The van der Waals surface area contributed by atoms with Crippen molar-refractivity contribution >= 4 is 5.97 Å². The molecule has 0 fully saturated rings. The molecule has 4 aromatic rings. The predicted molar refractivity (Wildman–Crippen MR) is 123 cm³/mol. The molecule has 0 amide bonds. The maximum absolute atomic E-state index is 13.9. The highest BCUT2D eigenvalue weighted by Crippen LogP contribution is 2.35. The van der Waals surface area contributed by atoms with Gasteiger partial charge >= 0.3 is 12.1 Å². The average molecular weight is 492 g/mol. The van der Waals surface area contributed by atoms with Crippen molar-refractivity contribution in [3.63, 3.8) is 0 Å². The molecular weight excluding hydrogens is 473 g/mol. The van der Waals surface area contributed by atoms with E-state index in [4.69, 9.17) is 14.7 Å². The lowest BCUT2D eigenvalue weighted by atomic mass is 10.1. The van der Waals surface area contributed by atoms with Gasteiger partial charge in [0.05, 0.1) is 30.1 Å². The molecule has 0 radical (unpaired) electrons. The summed E-state index contributed by atoms with van der Waals surface area (Å²) in [6, 6.07) is 20.5. The predicted octanol–water partition coefficient (Wildman–Crippen LogP) is 5.58. The number of nitriles is 1. The normalized spacial score (nSPS) is 11.1. The van der Waals surface area contributed by atoms with E-state index < -0.39 is 23.4 Å². The summed E-state index contributed by atoms with van der Waals surface area (Å²) in [6.07, 6.45) is -4.05. The molecule has 4 rings (SSSR count). The van der Waals surface area contributed by atoms with Crippen LogP contribution in [0.15, 0.2) is 72.9 Å².